The Morgan fingerprint density at radius 2 is 2.21 bits per heavy atom. The van der Waals surface area contributed by atoms with Gasteiger partial charge in [-0.3, -0.25) is 4.98 Å². The molecule has 0 aliphatic heterocycles. The van der Waals surface area contributed by atoms with Crippen LogP contribution < -0.4 is 4.74 Å². The lowest BCUT2D eigenvalue weighted by Gasteiger charge is -2.04. The second-order valence-corrected chi connectivity index (χ2v) is 4.05. The molecule has 0 aliphatic carbocycles. The molecule has 0 fully saturated rings. The number of methoxy groups -OCH3 is 1. The van der Waals surface area contributed by atoms with Gasteiger partial charge in [-0.1, -0.05) is 0 Å². The highest BCUT2D eigenvalue weighted by Gasteiger charge is 2.09. The van der Waals surface area contributed by atoms with Gasteiger partial charge in [0.2, 0.25) is 0 Å². The van der Waals surface area contributed by atoms with Crippen molar-refractivity contribution in [2.24, 2.45) is 0 Å². The maximum Gasteiger partial charge on any atom is 0.154 e. The summed E-state index contributed by atoms with van der Waals surface area (Å²) in [4.78, 5) is 4.31. The van der Waals surface area contributed by atoms with E-state index < -0.39 is 0 Å². The van der Waals surface area contributed by atoms with E-state index in [2.05, 4.69) is 16.2 Å². The fourth-order valence-electron chi connectivity index (χ4n) is 1.97. The Morgan fingerprint density at radius 3 is 2.89 bits per heavy atom. The smallest absolute Gasteiger partial charge is 0.154 e. The highest BCUT2D eigenvalue weighted by molar-refractivity contribution is 5.55. The lowest BCUT2D eigenvalue weighted by molar-refractivity contribution is 0.412. The van der Waals surface area contributed by atoms with Crippen LogP contribution in [-0.2, 0) is 6.54 Å². The molecule has 0 unspecified atom stereocenters. The van der Waals surface area contributed by atoms with Crippen LogP contribution in [0.3, 0.4) is 0 Å². The van der Waals surface area contributed by atoms with E-state index in [1.54, 1.807) is 24.0 Å². The molecule has 0 radical (unpaired) electrons. The molecular formula is C13H11N5O. The van der Waals surface area contributed by atoms with Gasteiger partial charge in [-0.25, -0.2) is 4.52 Å². The Hall–Kier alpha value is -2.81. The quantitative estimate of drug-likeness (QED) is 0.708. The number of aromatic nitrogens is 4. The summed E-state index contributed by atoms with van der Waals surface area (Å²) in [7, 11) is 1.61. The Kier molecular flexibility index (Phi) is 2.65. The molecule has 6 nitrogen and oxygen atoms in total. The molecule has 3 rings (SSSR count). The van der Waals surface area contributed by atoms with Gasteiger partial charge >= 0.3 is 0 Å². The third-order valence-corrected chi connectivity index (χ3v) is 2.92. The molecule has 3 heterocycles. The van der Waals surface area contributed by atoms with Crippen LogP contribution in [0.5, 0.6) is 5.75 Å². The Labute approximate surface area is 109 Å². The SMILES string of the molecule is COc1ccc(Cn2ccn3ncc(C#N)c23)nc1. The van der Waals surface area contributed by atoms with E-state index in [1.165, 1.54) is 0 Å². The van der Waals surface area contributed by atoms with Crippen molar-refractivity contribution in [1.29, 1.82) is 5.26 Å². The van der Waals surface area contributed by atoms with Crippen LogP contribution in [0.2, 0.25) is 0 Å². The van der Waals surface area contributed by atoms with E-state index in [0.29, 0.717) is 12.1 Å². The molecule has 0 N–H and O–H groups in total. The molecule has 0 spiro atoms. The number of nitrogens with zero attached hydrogens (tertiary/aromatic N) is 5. The number of hydrogen-bond acceptors (Lipinski definition) is 4. The van der Waals surface area contributed by atoms with Crippen LogP contribution in [0.25, 0.3) is 5.65 Å². The van der Waals surface area contributed by atoms with Crippen molar-refractivity contribution in [3.8, 4) is 11.8 Å². The number of fused-ring (bicyclic) bond motifs is 1. The third-order valence-electron chi connectivity index (χ3n) is 2.92. The van der Waals surface area contributed by atoms with Crippen molar-refractivity contribution in [3.05, 3.63) is 48.2 Å². The summed E-state index contributed by atoms with van der Waals surface area (Å²) in [6.07, 6.45) is 6.94. The maximum atomic E-state index is 9.05. The zero-order valence-electron chi connectivity index (χ0n) is 10.3. The summed E-state index contributed by atoms with van der Waals surface area (Å²) < 4.78 is 8.70. The Morgan fingerprint density at radius 1 is 1.32 bits per heavy atom. The van der Waals surface area contributed by atoms with Crippen LogP contribution >= 0.6 is 0 Å². The predicted octanol–water partition coefficient (Wildman–Crippen LogP) is 1.46. The summed E-state index contributed by atoms with van der Waals surface area (Å²) >= 11 is 0. The number of nitriles is 1. The fraction of sp³-hybridized carbons (Fsp3) is 0.154. The molecule has 19 heavy (non-hydrogen) atoms. The molecule has 0 amide bonds. The average molecular weight is 253 g/mol. The van der Waals surface area contributed by atoms with Crippen molar-refractivity contribution in [3.63, 3.8) is 0 Å². The summed E-state index contributed by atoms with van der Waals surface area (Å²) in [6, 6.07) is 5.90. The van der Waals surface area contributed by atoms with Crippen molar-refractivity contribution in [2.45, 2.75) is 6.54 Å². The molecular weight excluding hydrogens is 242 g/mol. The first-order chi connectivity index (χ1) is 9.31. The molecule has 94 valence electrons. The van der Waals surface area contributed by atoms with E-state index in [9.17, 15) is 0 Å². The van der Waals surface area contributed by atoms with Crippen LogP contribution in [0, 0.1) is 11.3 Å². The molecule has 0 aromatic carbocycles. The van der Waals surface area contributed by atoms with Gasteiger partial charge < -0.3 is 9.30 Å². The van der Waals surface area contributed by atoms with Crippen LogP contribution in [0.4, 0.5) is 0 Å². The average Bonchev–Trinajstić information content (AvgIpc) is 3.02. The number of ether oxygens (including phenoxy) is 1. The van der Waals surface area contributed by atoms with Crippen LogP contribution in [0.15, 0.2) is 36.9 Å². The maximum absolute atomic E-state index is 9.05. The zero-order valence-corrected chi connectivity index (χ0v) is 10.3. The molecule has 0 atom stereocenters. The standard InChI is InChI=1S/C13H11N5O/c1-19-12-3-2-11(15-8-12)9-17-4-5-18-13(17)10(6-14)7-16-18/h2-5,7-8H,9H2,1H3. The summed E-state index contributed by atoms with van der Waals surface area (Å²) in [6.45, 7) is 0.584. The topological polar surface area (TPSA) is 68.1 Å². The van der Waals surface area contributed by atoms with Crippen molar-refractivity contribution >= 4 is 5.65 Å². The van der Waals surface area contributed by atoms with Crippen molar-refractivity contribution in [2.75, 3.05) is 7.11 Å². The van der Waals surface area contributed by atoms with Gasteiger partial charge in [-0.2, -0.15) is 10.4 Å². The Bertz CT molecular complexity index is 748. The van der Waals surface area contributed by atoms with Gasteiger partial charge in [0.1, 0.15) is 17.4 Å². The lowest BCUT2D eigenvalue weighted by atomic mass is 10.3. The molecule has 0 saturated carbocycles. The summed E-state index contributed by atoms with van der Waals surface area (Å²) in [5.41, 5.74) is 2.22. The highest BCUT2D eigenvalue weighted by atomic mass is 16.5. The molecule has 0 saturated heterocycles. The van der Waals surface area contributed by atoms with Crippen molar-refractivity contribution in [1.82, 2.24) is 19.2 Å². The van der Waals surface area contributed by atoms with Gasteiger partial charge in [0.25, 0.3) is 0 Å². The first-order valence-electron chi connectivity index (χ1n) is 5.73. The van der Waals surface area contributed by atoms with Gasteiger partial charge in [0, 0.05) is 12.4 Å². The van der Waals surface area contributed by atoms with E-state index >= 15 is 0 Å². The second-order valence-electron chi connectivity index (χ2n) is 4.05. The van der Waals surface area contributed by atoms with E-state index in [-0.39, 0.29) is 0 Å². The largest absolute Gasteiger partial charge is 0.495 e. The van der Waals surface area contributed by atoms with E-state index in [0.717, 1.165) is 17.1 Å². The molecule has 3 aromatic rings. The minimum absolute atomic E-state index is 0.554. The van der Waals surface area contributed by atoms with Gasteiger partial charge in [-0.05, 0) is 12.1 Å². The first kappa shape index (κ1) is 11.3. The van der Waals surface area contributed by atoms with Gasteiger partial charge in [0.05, 0.1) is 31.7 Å². The Balaban J connectivity index is 1.96. The fourth-order valence-corrected chi connectivity index (χ4v) is 1.97. The number of imidazole rings is 1. The minimum atomic E-state index is 0.554. The molecule has 0 aliphatic rings. The monoisotopic (exact) mass is 253 g/mol. The number of pyridine rings is 1. The molecule has 6 heteroatoms. The highest BCUT2D eigenvalue weighted by Crippen LogP contribution is 2.14. The molecule has 3 aromatic heterocycles. The van der Waals surface area contributed by atoms with Gasteiger partial charge in [-0.15, -0.1) is 0 Å². The van der Waals surface area contributed by atoms with Crippen molar-refractivity contribution < 1.29 is 4.74 Å². The minimum Gasteiger partial charge on any atom is -0.495 e. The van der Waals surface area contributed by atoms with E-state index in [1.807, 2.05) is 29.1 Å². The van der Waals surface area contributed by atoms with Crippen LogP contribution in [-0.4, -0.2) is 26.3 Å². The first-order valence-corrected chi connectivity index (χ1v) is 5.73. The zero-order chi connectivity index (χ0) is 13.2. The third kappa shape index (κ3) is 1.91. The molecule has 0 bridgehead atoms. The number of rotatable bonds is 3. The summed E-state index contributed by atoms with van der Waals surface area (Å²) in [5, 5.41) is 13.2. The van der Waals surface area contributed by atoms with E-state index in [4.69, 9.17) is 10.00 Å². The number of hydrogen-bond donors (Lipinski definition) is 0. The van der Waals surface area contributed by atoms with Gasteiger partial charge in [0.15, 0.2) is 5.65 Å². The lowest BCUT2D eigenvalue weighted by Crippen LogP contribution is -2.01. The normalized spacial score (nSPS) is 10.5. The summed E-state index contributed by atoms with van der Waals surface area (Å²) in [5.74, 6) is 0.725. The predicted molar refractivity (Wildman–Crippen MR) is 67.8 cm³/mol. The second kappa shape index (κ2) is 4.46. The van der Waals surface area contributed by atoms with Crippen LogP contribution in [0.1, 0.15) is 11.3 Å².